The summed E-state index contributed by atoms with van der Waals surface area (Å²) in [6.45, 7) is 0.633. The Hall–Kier alpha value is -2.08. The minimum atomic E-state index is -0.384. The largest absolute Gasteiger partial charge is 0.497 e. The fourth-order valence-electron chi connectivity index (χ4n) is 1.95. The zero-order chi connectivity index (χ0) is 14.4. The molecule has 1 amide bonds. The molecule has 1 unspecified atom stereocenters. The fraction of sp³-hybridized carbons (Fsp3) is 0.429. The molecule has 1 atom stereocenters. The second kappa shape index (κ2) is 6.91. The number of benzene rings is 1. The van der Waals surface area contributed by atoms with Gasteiger partial charge in [-0.1, -0.05) is 0 Å². The molecule has 20 heavy (non-hydrogen) atoms. The molecule has 0 spiro atoms. The zero-order valence-electron chi connectivity index (χ0n) is 11.6. The molecule has 1 heterocycles. The van der Waals surface area contributed by atoms with Crippen LogP contribution in [0.5, 0.6) is 11.5 Å². The summed E-state index contributed by atoms with van der Waals surface area (Å²) >= 11 is 0. The first kappa shape index (κ1) is 14.3. The molecular weight excluding hydrogens is 260 g/mol. The molecule has 0 aliphatic carbocycles. The van der Waals surface area contributed by atoms with E-state index in [1.807, 2.05) is 0 Å². The lowest BCUT2D eigenvalue weighted by Crippen LogP contribution is -2.30. The number of hydrogen-bond donors (Lipinski definition) is 1. The number of hydrazone groups is 1. The molecule has 1 aromatic carbocycles. The first-order valence-electron chi connectivity index (χ1n) is 6.41. The Bertz CT molecular complexity index is 496. The highest BCUT2D eigenvalue weighted by Gasteiger charge is 2.22. The Morgan fingerprint density at radius 1 is 1.45 bits per heavy atom. The van der Waals surface area contributed by atoms with Gasteiger partial charge in [-0.3, -0.25) is 4.79 Å². The van der Waals surface area contributed by atoms with Crippen molar-refractivity contribution < 1.29 is 19.0 Å². The highest BCUT2D eigenvalue weighted by Crippen LogP contribution is 2.23. The Balaban J connectivity index is 1.98. The summed E-state index contributed by atoms with van der Waals surface area (Å²) in [5.74, 6) is 1.10. The molecule has 0 bridgehead atoms. The highest BCUT2D eigenvalue weighted by molar-refractivity contribution is 5.86. The van der Waals surface area contributed by atoms with Crippen LogP contribution in [0.15, 0.2) is 23.3 Å². The average Bonchev–Trinajstić information content (AvgIpc) is 3.01. The number of nitrogens with one attached hydrogen (secondary N) is 1. The van der Waals surface area contributed by atoms with Gasteiger partial charge in [0.2, 0.25) is 0 Å². The fourth-order valence-corrected chi connectivity index (χ4v) is 1.95. The first-order valence-corrected chi connectivity index (χ1v) is 6.41. The van der Waals surface area contributed by atoms with Crippen LogP contribution in [0.3, 0.4) is 0 Å². The smallest absolute Gasteiger partial charge is 0.269 e. The Kier molecular flexibility index (Phi) is 4.95. The monoisotopic (exact) mass is 278 g/mol. The summed E-state index contributed by atoms with van der Waals surface area (Å²) in [5.41, 5.74) is 3.22. The maximum absolute atomic E-state index is 11.7. The van der Waals surface area contributed by atoms with Crippen LogP contribution in [0.2, 0.25) is 0 Å². The van der Waals surface area contributed by atoms with Gasteiger partial charge in [-0.05, 0) is 25.0 Å². The number of hydrogen-bond acceptors (Lipinski definition) is 5. The first-order chi connectivity index (χ1) is 9.74. The molecule has 1 aliphatic rings. The van der Waals surface area contributed by atoms with Crippen LogP contribution in [0.25, 0.3) is 0 Å². The molecule has 0 radical (unpaired) electrons. The van der Waals surface area contributed by atoms with E-state index in [0.29, 0.717) is 18.1 Å². The summed E-state index contributed by atoms with van der Waals surface area (Å²) in [7, 11) is 3.15. The van der Waals surface area contributed by atoms with Crippen molar-refractivity contribution in [2.45, 2.75) is 18.9 Å². The Labute approximate surface area is 117 Å². The van der Waals surface area contributed by atoms with E-state index >= 15 is 0 Å². The van der Waals surface area contributed by atoms with E-state index in [1.165, 1.54) is 6.21 Å². The van der Waals surface area contributed by atoms with Gasteiger partial charge in [-0.15, -0.1) is 0 Å². The molecule has 0 aromatic heterocycles. The highest BCUT2D eigenvalue weighted by atomic mass is 16.5. The summed E-state index contributed by atoms with van der Waals surface area (Å²) in [5, 5.41) is 3.92. The quantitative estimate of drug-likeness (QED) is 0.651. The van der Waals surface area contributed by atoms with Crippen LogP contribution in [-0.4, -0.2) is 39.1 Å². The van der Waals surface area contributed by atoms with Crippen molar-refractivity contribution in [3.05, 3.63) is 23.8 Å². The van der Waals surface area contributed by atoms with E-state index in [1.54, 1.807) is 32.4 Å². The van der Waals surface area contributed by atoms with Gasteiger partial charge in [-0.2, -0.15) is 5.10 Å². The van der Waals surface area contributed by atoms with E-state index in [-0.39, 0.29) is 12.0 Å². The lowest BCUT2D eigenvalue weighted by Gasteiger charge is -2.08. The van der Waals surface area contributed by atoms with Crippen LogP contribution < -0.4 is 14.9 Å². The van der Waals surface area contributed by atoms with Gasteiger partial charge >= 0.3 is 0 Å². The predicted molar refractivity (Wildman–Crippen MR) is 74.3 cm³/mol. The number of ether oxygens (including phenoxy) is 3. The lowest BCUT2D eigenvalue weighted by atomic mass is 10.2. The van der Waals surface area contributed by atoms with Gasteiger partial charge in [0, 0.05) is 18.2 Å². The number of carbonyl (C=O) groups excluding carboxylic acids is 1. The number of carbonyl (C=O) groups is 1. The van der Waals surface area contributed by atoms with Gasteiger partial charge < -0.3 is 14.2 Å². The zero-order valence-corrected chi connectivity index (χ0v) is 11.6. The van der Waals surface area contributed by atoms with Crippen molar-refractivity contribution in [3.63, 3.8) is 0 Å². The third-order valence-corrected chi connectivity index (χ3v) is 3.04. The number of rotatable bonds is 5. The minimum Gasteiger partial charge on any atom is -0.497 e. The molecule has 2 rings (SSSR count). The summed E-state index contributed by atoms with van der Waals surface area (Å²) in [4.78, 5) is 11.7. The average molecular weight is 278 g/mol. The second-order valence-electron chi connectivity index (χ2n) is 4.34. The number of methoxy groups -OCH3 is 2. The number of amides is 1. The van der Waals surface area contributed by atoms with E-state index in [0.717, 1.165) is 18.4 Å². The molecule has 108 valence electrons. The molecule has 1 fully saturated rings. The van der Waals surface area contributed by atoms with Crippen LogP contribution in [0.1, 0.15) is 18.4 Å². The predicted octanol–water partition coefficient (Wildman–Crippen LogP) is 1.33. The van der Waals surface area contributed by atoms with Gasteiger partial charge in [0.1, 0.15) is 17.6 Å². The van der Waals surface area contributed by atoms with E-state index in [4.69, 9.17) is 14.2 Å². The molecule has 1 aliphatic heterocycles. The summed E-state index contributed by atoms with van der Waals surface area (Å²) in [6.07, 6.45) is 2.80. The van der Waals surface area contributed by atoms with E-state index in [9.17, 15) is 4.79 Å². The number of nitrogens with zero attached hydrogens (tertiary/aromatic N) is 1. The molecule has 1 N–H and O–H groups in total. The summed E-state index contributed by atoms with van der Waals surface area (Å²) < 4.78 is 15.6. The molecule has 1 aromatic rings. The molecule has 0 saturated carbocycles. The normalized spacial score (nSPS) is 18.2. The third-order valence-electron chi connectivity index (χ3n) is 3.04. The third kappa shape index (κ3) is 3.48. The van der Waals surface area contributed by atoms with Crippen molar-refractivity contribution >= 4 is 12.1 Å². The van der Waals surface area contributed by atoms with Gasteiger partial charge in [0.25, 0.3) is 5.91 Å². The maximum Gasteiger partial charge on any atom is 0.269 e. The standard InChI is InChI=1S/C14H18N2O4/c1-18-11-6-5-10(13(8-11)19-2)9-15-16-14(17)12-4-3-7-20-12/h5-6,8-9,12H,3-4,7H2,1-2H3,(H,16,17). The van der Waals surface area contributed by atoms with Crippen LogP contribution >= 0.6 is 0 Å². The summed E-state index contributed by atoms with van der Waals surface area (Å²) in [6, 6.07) is 5.36. The van der Waals surface area contributed by atoms with Gasteiger partial charge in [0.15, 0.2) is 0 Å². The van der Waals surface area contributed by atoms with Gasteiger partial charge in [-0.25, -0.2) is 5.43 Å². The second-order valence-corrected chi connectivity index (χ2v) is 4.34. The van der Waals surface area contributed by atoms with Crippen molar-refractivity contribution in [1.82, 2.24) is 5.43 Å². The van der Waals surface area contributed by atoms with Crippen LogP contribution in [0.4, 0.5) is 0 Å². The van der Waals surface area contributed by atoms with Crippen LogP contribution in [-0.2, 0) is 9.53 Å². The lowest BCUT2D eigenvalue weighted by molar-refractivity contribution is -0.130. The Morgan fingerprint density at radius 2 is 2.30 bits per heavy atom. The molecular formula is C14H18N2O4. The van der Waals surface area contributed by atoms with Crippen LogP contribution in [0, 0.1) is 0 Å². The van der Waals surface area contributed by atoms with Crippen molar-refractivity contribution in [2.75, 3.05) is 20.8 Å². The van der Waals surface area contributed by atoms with Crippen molar-refractivity contribution in [3.8, 4) is 11.5 Å². The Morgan fingerprint density at radius 3 is 2.95 bits per heavy atom. The SMILES string of the molecule is COc1ccc(C=NNC(=O)C2CCCO2)c(OC)c1. The topological polar surface area (TPSA) is 69.2 Å². The molecule has 6 heteroatoms. The molecule has 1 saturated heterocycles. The van der Waals surface area contributed by atoms with Crippen molar-refractivity contribution in [2.24, 2.45) is 5.10 Å². The minimum absolute atomic E-state index is 0.216. The molecule has 6 nitrogen and oxygen atoms in total. The maximum atomic E-state index is 11.7. The van der Waals surface area contributed by atoms with Gasteiger partial charge in [0.05, 0.1) is 20.4 Å². The van der Waals surface area contributed by atoms with Crippen molar-refractivity contribution in [1.29, 1.82) is 0 Å². The van der Waals surface area contributed by atoms with E-state index < -0.39 is 0 Å². The van der Waals surface area contributed by atoms with E-state index in [2.05, 4.69) is 10.5 Å².